The summed E-state index contributed by atoms with van der Waals surface area (Å²) >= 11 is 0. The molecular weight excluding hydrogens is 511 g/mol. The summed E-state index contributed by atoms with van der Waals surface area (Å²) in [5.74, 6) is 1.53. The van der Waals surface area contributed by atoms with Crippen molar-refractivity contribution in [3.63, 3.8) is 0 Å². The second-order valence-electron chi connectivity index (χ2n) is 9.53. The summed E-state index contributed by atoms with van der Waals surface area (Å²) in [6.07, 6.45) is 2.69. The van der Waals surface area contributed by atoms with Crippen molar-refractivity contribution in [2.75, 3.05) is 59.4 Å². The number of likely N-dealkylation sites (tertiary alicyclic amines) is 1. The number of nitrogens with one attached hydrogen (secondary N) is 2. The lowest BCUT2D eigenvalue weighted by Gasteiger charge is -2.40. The molecule has 0 aromatic heterocycles. The lowest BCUT2D eigenvalue weighted by atomic mass is 10.0. The Morgan fingerprint density at radius 1 is 0.938 bits per heavy atom. The number of guanidine groups is 1. The van der Waals surface area contributed by atoms with E-state index in [1.165, 1.54) is 37.1 Å². The fourth-order valence-corrected chi connectivity index (χ4v) is 4.60. The zero-order valence-corrected chi connectivity index (χ0v) is 23.0. The molecule has 2 fully saturated rings. The van der Waals surface area contributed by atoms with Crippen LogP contribution in [0.25, 0.3) is 0 Å². The van der Waals surface area contributed by atoms with Crippen molar-refractivity contribution < 1.29 is 0 Å². The maximum Gasteiger partial charge on any atom is 0.191 e. The second kappa shape index (κ2) is 14.4. The Bertz CT molecular complexity index is 664. The summed E-state index contributed by atoms with van der Waals surface area (Å²) in [4.78, 5) is 12.5. The molecule has 3 rings (SSSR count). The van der Waals surface area contributed by atoms with Crippen LogP contribution < -0.4 is 10.6 Å². The Labute approximate surface area is 213 Å². The van der Waals surface area contributed by atoms with E-state index < -0.39 is 0 Å². The molecule has 0 saturated carbocycles. The van der Waals surface area contributed by atoms with Gasteiger partial charge in [0.1, 0.15) is 0 Å². The van der Waals surface area contributed by atoms with Crippen molar-refractivity contribution in [2.45, 2.75) is 52.7 Å². The smallest absolute Gasteiger partial charge is 0.191 e. The Morgan fingerprint density at radius 3 is 2.16 bits per heavy atom. The van der Waals surface area contributed by atoms with E-state index in [9.17, 15) is 0 Å². The van der Waals surface area contributed by atoms with E-state index in [1.807, 2.05) is 0 Å². The van der Waals surface area contributed by atoms with Gasteiger partial charge in [-0.15, -0.1) is 24.0 Å². The molecule has 0 radical (unpaired) electrons. The first-order valence-electron chi connectivity index (χ1n) is 12.3. The summed E-state index contributed by atoms with van der Waals surface area (Å²) in [6, 6.07) is 9.54. The first kappa shape index (κ1) is 27.3. The summed E-state index contributed by atoms with van der Waals surface area (Å²) < 4.78 is 0. The molecule has 32 heavy (non-hydrogen) atoms. The van der Waals surface area contributed by atoms with Gasteiger partial charge in [0.15, 0.2) is 5.96 Å². The van der Waals surface area contributed by atoms with Crippen LogP contribution in [-0.2, 0) is 13.1 Å². The van der Waals surface area contributed by atoms with Crippen molar-refractivity contribution in [3.05, 3.63) is 35.4 Å². The van der Waals surface area contributed by atoms with Gasteiger partial charge in [0.2, 0.25) is 0 Å². The summed E-state index contributed by atoms with van der Waals surface area (Å²) in [5, 5.41) is 7.04. The zero-order chi connectivity index (χ0) is 22.1. The summed E-state index contributed by atoms with van der Waals surface area (Å²) in [6.45, 7) is 17.5. The molecule has 1 unspecified atom stereocenters. The molecular formula is C25H45IN6. The lowest BCUT2D eigenvalue weighted by molar-refractivity contribution is 0.0900. The van der Waals surface area contributed by atoms with Crippen LogP contribution in [0.2, 0.25) is 0 Å². The van der Waals surface area contributed by atoms with Gasteiger partial charge in [-0.1, -0.05) is 38.1 Å². The highest BCUT2D eigenvalue weighted by molar-refractivity contribution is 14.0. The van der Waals surface area contributed by atoms with Gasteiger partial charge in [-0.25, -0.2) is 4.99 Å². The van der Waals surface area contributed by atoms with Gasteiger partial charge in [0.25, 0.3) is 0 Å². The van der Waals surface area contributed by atoms with Crippen molar-refractivity contribution in [2.24, 2.45) is 10.9 Å². The minimum Gasteiger partial charge on any atom is -0.357 e. The van der Waals surface area contributed by atoms with Crippen molar-refractivity contribution in [1.82, 2.24) is 25.3 Å². The van der Waals surface area contributed by atoms with Gasteiger partial charge in [-0.3, -0.25) is 9.80 Å². The molecule has 1 aromatic carbocycles. The molecule has 0 amide bonds. The standard InChI is InChI=1S/C25H44N6.HI/c1-5-26-25(28-19-24(21(2)3)31-16-14-29(4)15-17-31)27-18-22-8-10-23(11-9-22)20-30-12-6-7-13-30;/h8-11,21,24H,5-7,12-20H2,1-4H3,(H2,26,27,28);1H. The number of halogens is 1. The van der Waals surface area contributed by atoms with E-state index in [0.717, 1.165) is 51.8 Å². The van der Waals surface area contributed by atoms with Crippen molar-refractivity contribution in [3.8, 4) is 0 Å². The molecule has 2 N–H and O–H groups in total. The van der Waals surface area contributed by atoms with Crippen LogP contribution in [0.15, 0.2) is 29.3 Å². The molecule has 1 aromatic rings. The van der Waals surface area contributed by atoms with Crippen LogP contribution in [0.1, 0.15) is 44.7 Å². The molecule has 0 aliphatic carbocycles. The molecule has 2 heterocycles. The maximum absolute atomic E-state index is 4.86. The van der Waals surface area contributed by atoms with Gasteiger partial charge < -0.3 is 15.5 Å². The van der Waals surface area contributed by atoms with E-state index in [0.29, 0.717) is 18.5 Å². The number of hydrogen-bond acceptors (Lipinski definition) is 4. The fourth-order valence-electron chi connectivity index (χ4n) is 4.60. The average molecular weight is 557 g/mol. The number of piperazine rings is 1. The van der Waals surface area contributed by atoms with Crippen LogP contribution in [0.3, 0.4) is 0 Å². The third-order valence-electron chi connectivity index (χ3n) is 6.65. The van der Waals surface area contributed by atoms with Gasteiger partial charge in [0.05, 0.1) is 6.54 Å². The van der Waals surface area contributed by atoms with Crippen molar-refractivity contribution >= 4 is 29.9 Å². The number of benzene rings is 1. The Morgan fingerprint density at radius 2 is 1.56 bits per heavy atom. The van der Waals surface area contributed by atoms with E-state index in [4.69, 9.17) is 4.99 Å². The van der Waals surface area contributed by atoms with Crippen LogP contribution in [-0.4, -0.2) is 86.1 Å². The first-order chi connectivity index (χ1) is 15.0. The largest absolute Gasteiger partial charge is 0.357 e. The Kier molecular flexibility index (Phi) is 12.3. The summed E-state index contributed by atoms with van der Waals surface area (Å²) in [7, 11) is 2.22. The SMILES string of the molecule is CCNC(=NCc1ccc(CN2CCCC2)cc1)NCC(C(C)C)N1CCN(C)CC1.I. The molecule has 2 aliphatic heterocycles. The molecule has 2 aliphatic rings. The van der Waals surface area contributed by atoms with Crippen LogP contribution >= 0.6 is 24.0 Å². The number of nitrogens with zero attached hydrogens (tertiary/aromatic N) is 4. The van der Waals surface area contributed by atoms with Crippen molar-refractivity contribution in [1.29, 1.82) is 0 Å². The Balaban J connectivity index is 0.00000363. The first-order valence-corrected chi connectivity index (χ1v) is 12.3. The fraction of sp³-hybridized carbons (Fsp3) is 0.720. The van der Waals surface area contributed by atoms with Gasteiger partial charge in [-0.2, -0.15) is 0 Å². The monoisotopic (exact) mass is 556 g/mol. The predicted octanol–water partition coefficient (Wildman–Crippen LogP) is 3.23. The lowest BCUT2D eigenvalue weighted by Crippen LogP contribution is -2.55. The average Bonchev–Trinajstić information content (AvgIpc) is 3.27. The molecule has 182 valence electrons. The minimum atomic E-state index is 0. The quantitative estimate of drug-likeness (QED) is 0.278. The highest BCUT2D eigenvalue weighted by Gasteiger charge is 2.25. The van der Waals surface area contributed by atoms with Crippen LogP contribution in [0, 0.1) is 5.92 Å². The maximum atomic E-state index is 4.86. The van der Waals surface area contributed by atoms with E-state index in [2.05, 4.69) is 77.4 Å². The number of hydrogen-bond donors (Lipinski definition) is 2. The summed E-state index contributed by atoms with van der Waals surface area (Å²) in [5.41, 5.74) is 2.67. The Hall–Kier alpha value is -0.900. The third-order valence-corrected chi connectivity index (χ3v) is 6.65. The highest BCUT2D eigenvalue weighted by atomic mass is 127. The topological polar surface area (TPSA) is 46.1 Å². The number of likely N-dealkylation sites (N-methyl/N-ethyl adjacent to an activating group) is 1. The second-order valence-corrected chi connectivity index (χ2v) is 9.53. The molecule has 6 nitrogen and oxygen atoms in total. The predicted molar refractivity (Wildman–Crippen MR) is 147 cm³/mol. The highest BCUT2D eigenvalue weighted by Crippen LogP contribution is 2.14. The van der Waals surface area contributed by atoms with Gasteiger partial charge in [0, 0.05) is 51.9 Å². The van der Waals surface area contributed by atoms with E-state index in [-0.39, 0.29) is 24.0 Å². The molecule has 0 spiro atoms. The third kappa shape index (κ3) is 8.80. The molecule has 1 atom stereocenters. The van der Waals surface area contributed by atoms with Crippen LogP contribution in [0.5, 0.6) is 0 Å². The molecule has 0 bridgehead atoms. The van der Waals surface area contributed by atoms with Crippen LogP contribution in [0.4, 0.5) is 0 Å². The number of rotatable bonds is 9. The van der Waals surface area contributed by atoms with Gasteiger partial charge in [-0.05, 0) is 56.9 Å². The zero-order valence-electron chi connectivity index (χ0n) is 20.6. The van der Waals surface area contributed by atoms with E-state index >= 15 is 0 Å². The van der Waals surface area contributed by atoms with Gasteiger partial charge >= 0.3 is 0 Å². The molecule has 2 saturated heterocycles. The molecule has 7 heteroatoms. The normalized spacial score (nSPS) is 19.7. The minimum absolute atomic E-state index is 0. The van der Waals surface area contributed by atoms with E-state index in [1.54, 1.807) is 0 Å². The number of aliphatic imine (C=N–C) groups is 1.